The van der Waals surface area contributed by atoms with Crippen LogP contribution in [0.1, 0.15) is 0 Å². The number of thioether (sulfide) groups is 1. The van der Waals surface area contributed by atoms with Gasteiger partial charge in [-0.2, -0.15) is 15.2 Å². The van der Waals surface area contributed by atoms with Crippen LogP contribution < -0.4 is 17.2 Å². The van der Waals surface area contributed by atoms with Crippen LogP contribution in [-0.4, -0.2) is 9.97 Å². The van der Waals surface area contributed by atoms with Crippen molar-refractivity contribution in [1.29, 1.82) is 5.26 Å². The summed E-state index contributed by atoms with van der Waals surface area (Å²) in [5, 5.41) is 10.2. The summed E-state index contributed by atoms with van der Waals surface area (Å²) in [4.78, 5) is 7.64. The molecule has 1 aromatic rings. The third kappa shape index (κ3) is 1.49. The first kappa shape index (κ1) is 8.42. The number of rotatable bonds is 1. The summed E-state index contributed by atoms with van der Waals surface area (Å²) < 4.78 is 0. The Balaban J connectivity index is 3.21. The van der Waals surface area contributed by atoms with E-state index >= 15 is 0 Å². The maximum atomic E-state index is 8.35. The van der Waals surface area contributed by atoms with Crippen LogP contribution in [0.5, 0.6) is 0 Å². The largest absolute Gasteiger partial charge is 0.383 e. The number of nitrogens with zero attached hydrogens (tertiary/aromatic N) is 3. The molecule has 0 aliphatic rings. The van der Waals surface area contributed by atoms with E-state index in [0.717, 1.165) is 11.8 Å². The highest BCUT2D eigenvalue weighted by atomic mass is 32.2. The van der Waals surface area contributed by atoms with Crippen LogP contribution in [0.4, 0.5) is 17.6 Å². The van der Waals surface area contributed by atoms with Crippen molar-refractivity contribution in [3.05, 3.63) is 0 Å². The first-order chi connectivity index (χ1) is 5.65. The zero-order valence-electron chi connectivity index (χ0n) is 5.98. The fraction of sp³-hybridized carbons (Fsp3) is 0. The van der Waals surface area contributed by atoms with E-state index in [1.165, 1.54) is 0 Å². The maximum Gasteiger partial charge on any atom is 0.224 e. The summed E-state index contributed by atoms with van der Waals surface area (Å²) in [5.41, 5.74) is 16.1. The molecule has 0 spiro atoms. The van der Waals surface area contributed by atoms with E-state index in [9.17, 15) is 0 Å². The average Bonchev–Trinajstić information content (AvgIpc) is 1.96. The molecule has 0 radical (unpaired) electrons. The third-order valence-electron chi connectivity index (χ3n) is 1.08. The molecule has 0 saturated heterocycles. The lowest BCUT2D eigenvalue weighted by atomic mass is 10.5. The quantitative estimate of drug-likeness (QED) is 0.405. The van der Waals surface area contributed by atoms with Gasteiger partial charge in [0.1, 0.15) is 21.9 Å². The van der Waals surface area contributed by atoms with E-state index in [1.807, 2.05) is 5.40 Å². The van der Waals surface area contributed by atoms with Gasteiger partial charge >= 0.3 is 0 Å². The zero-order chi connectivity index (χ0) is 9.14. The van der Waals surface area contributed by atoms with Crippen molar-refractivity contribution < 1.29 is 0 Å². The monoisotopic (exact) mass is 182 g/mol. The van der Waals surface area contributed by atoms with Crippen molar-refractivity contribution >= 4 is 29.3 Å². The van der Waals surface area contributed by atoms with Gasteiger partial charge in [0.05, 0.1) is 0 Å². The summed E-state index contributed by atoms with van der Waals surface area (Å²) in [6, 6.07) is 0. The van der Waals surface area contributed by atoms with Gasteiger partial charge in [-0.15, -0.1) is 0 Å². The highest BCUT2D eigenvalue weighted by molar-refractivity contribution is 8.04. The van der Waals surface area contributed by atoms with Crippen LogP contribution in [0.2, 0.25) is 0 Å². The average molecular weight is 182 g/mol. The standard InChI is InChI=1S/C5H6N6S/c6-1-12-2-3(7)10-5(9)11-4(2)8/h(H6,7,8,9,10,11). The third-order valence-corrected chi connectivity index (χ3v) is 1.80. The van der Waals surface area contributed by atoms with Gasteiger partial charge < -0.3 is 17.2 Å². The van der Waals surface area contributed by atoms with Gasteiger partial charge in [0, 0.05) is 0 Å². The Kier molecular flexibility index (Phi) is 2.21. The van der Waals surface area contributed by atoms with E-state index in [2.05, 4.69) is 9.97 Å². The van der Waals surface area contributed by atoms with Crippen LogP contribution in [0.25, 0.3) is 0 Å². The van der Waals surface area contributed by atoms with Gasteiger partial charge in [-0.25, -0.2) is 0 Å². The fourth-order valence-electron chi connectivity index (χ4n) is 0.655. The molecule has 1 aromatic heterocycles. The summed E-state index contributed by atoms with van der Waals surface area (Å²) in [6.45, 7) is 0. The maximum absolute atomic E-state index is 8.35. The van der Waals surface area contributed by atoms with Crippen LogP contribution in [-0.2, 0) is 0 Å². The first-order valence-electron chi connectivity index (χ1n) is 2.89. The number of aromatic nitrogens is 2. The number of anilines is 3. The van der Waals surface area contributed by atoms with Gasteiger partial charge in [0.2, 0.25) is 5.95 Å². The molecule has 1 heterocycles. The highest BCUT2D eigenvalue weighted by Gasteiger charge is 2.08. The molecule has 0 bridgehead atoms. The molecule has 0 aliphatic heterocycles. The molecule has 7 heteroatoms. The Hall–Kier alpha value is -1.68. The molecular formula is C5H6N6S. The van der Waals surface area contributed by atoms with Crippen LogP contribution in [0.3, 0.4) is 0 Å². The minimum Gasteiger partial charge on any atom is -0.383 e. The molecule has 0 saturated carbocycles. The molecule has 6 nitrogen and oxygen atoms in total. The molecule has 0 aromatic carbocycles. The summed E-state index contributed by atoms with van der Waals surface area (Å²) >= 11 is 0.812. The predicted octanol–water partition coefficient (Wildman–Crippen LogP) is -0.204. The lowest BCUT2D eigenvalue weighted by Gasteiger charge is -2.02. The Morgan fingerprint density at radius 1 is 1.17 bits per heavy atom. The Bertz CT molecular complexity index is 319. The van der Waals surface area contributed by atoms with Gasteiger partial charge in [0.15, 0.2) is 0 Å². The second kappa shape index (κ2) is 3.15. The van der Waals surface area contributed by atoms with Gasteiger partial charge in [0.25, 0.3) is 0 Å². The first-order valence-corrected chi connectivity index (χ1v) is 3.71. The van der Waals surface area contributed by atoms with E-state index in [0.29, 0.717) is 4.90 Å². The zero-order valence-corrected chi connectivity index (χ0v) is 6.80. The minimum atomic E-state index is 0.00675. The second-order valence-electron chi connectivity index (χ2n) is 1.87. The van der Waals surface area contributed by atoms with Crippen molar-refractivity contribution in [3.8, 4) is 5.40 Å². The molecule has 1 rings (SSSR count). The predicted molar refractivity (Wildman–Crippen MR) is 46.7 cm³/mol. The molecule has 0 amide bonds. The van der Waals surface area contributed by atoms with Crippen LogP contribution in [0, 0.1) is 10.7 Å². The topological polar surface area (TPSA) is 128 Å². The second-order valence-corrected chi connectivity index (χ2v) is 2.67. The molecule has 62 valence electrons. The normalized spacial score (nSPS) is 9.25. The molecular weight excluding hydrogens is 176 g/mol. The van der Waals surface area contributed by atoms with Crippen molar-refractivity contribution in [2.24, 2.45) is 0 Å². The highest BCUT2D eigenvalue weighted by Crippen LogP contribution is 2.27. The van der Waals surface area contributed by atoms with Crippen molar-refractivity contribution in [2.45, 2.75) is 4.90 Å². The van der Waals surface area contributed by atoms with Crippen LogP contribution in [0.15, 0.2) is 4.90 Å². The molecule has 0 fully saturated rings. The molecule has 0 atom stereocenters. The number of nitrogens with two attached hydrogens (primary N) is 3. The molecule has 12 heavy (non-hydrogen) atoms. The summed E-state index contributed by atoms with van der Waals surface area (Å²) in [6.07, 6.45) is 0. The van der Waals surface area contributed by atoms with E-state index in [4.69, 9.17) is 22.5 Å². The van der Waals surface area contributed by atoms with Crippen molar-refractivity contribution in [2.75, 3.05) is 17.2 Å². The van der Waals surface area contributed by atoms with Crippen molar-refractivity contribution in [1.82, 2.24) is 9.97 Å². The number of hydrogen-bond acceptors (Lipinski definition) is 7. The van der Waals surface area contributed by atoms with E-state index < -0.39 is 0 Å². The minimum absolute atomic E-state index is 0.00675. The molecule has 0 unspecified atom stereocenters. The summed E-state index contributed by atoms with van der Waals surface area (Å²) in [7, 11) is 0. The Morgan fingerprint density at radius 2 is 1.67 bits per heavy atom. The van der Waals surface area contributed by atoms with Crippen molar-refractivity contribution in [3.63, 3.8) is 0 Å². The molecule has 0 aliphatic carbocycles. The molecule has 6 N–H and O–H groups in total. The SMILES string of the molecule is N#CSc1c(N)nc(N)nc1N. The van der Waals surface area contributed by atoms with E-state index in [1.54, 1.807) is 0 Å². The lowest BCUT2D eigenvalue weighted by molar-refractivity contribution is 1.14. The fourth-order valence-corrected chi connectivity index (χ4v) is 1.05. The van der Waals surface area contributed by atoms with Gasteiger partial charge in [-0.1, -0.05) is 0 Å². The number of thiocyanates is 1. The lowest BCUT2D eigenvalue weighted by Crippen LogP contribution is -2.05. The van der Waals surface area contributed by atoms with Crippen LogP contribution >= 0.6 is 11.8 Å². The number of hydrogen-bond donors (Lipinski definition) is 3. The van der Waals surface area contributed by atoms with Gasteiger partial charge in [-0.05, 0) is 11.8 Å². The smallest absolute Gasteiger partial charge is 0.224 e. The Morgan fingerprint density at radius 3 is 2.08 bits per heavy atom. The number of nitrogen functional groups attached to an aromatic ring is 3. The van der Waals surface area contributed by atoms with E-state index in [-0.39, 0.29) is 17.6 Å². The van der Waals surface area contributed by atoms with Gasteiger partial charge in [-0.3, -0.25) is 0 Å². The summed E-state index contributed by atoms with van der Waals surface area (Å²) in [5.74, 6) is 0.269. The Labute approximate surface area is 72.8 Å². The number of nitriles is 1.